The summed E-state index contributed by atoms with van der Waals surface area (Å²) in [5.74, 6) is 0. The number of nitrogens with zero attached hydrogens (tertiary/aromatic N) is 1. The van der Waals surface area contributed by atoms with E-state index in [9.17, 15) is 0 Å². The lowest BCUT2D eigenvalue weighted by Crippen LogP contribution is -2.67. The molecule has 2 aromatic rings. The summed E-state index contributed by atoms with van der Waals surface area (Å²) in [6.45, 7) is 6.12. The standard InChI is InChI=1S/C19H25NO2Si/c1-16-14-20(3)15-17(2)22-23(21-16,18-10-6-4-7-11-18)19-12-8-5-9-13-19/h4-13,16-17H,14-15H2,1-3H3. The zero-order chi connectivity index (χ0) is 16.3. The fourth-order valence-corrected chi connectivity index (χ4v) is 6.85. The zero-order valence-corrected chi connectivity index (χ0v) is 15.1. The number of hydrogen-bond donors (Lipinski definition) is 0. The molecular formula is C19H25NO2Si. The van der Waals surface area contributed by atoms with Crippen molar-refractivity contribution in [3.05, 3.63) is 60.7 Å². The van der Waals surface area contributed by atoms with Crippen LogP contribution >= 0.6 is 0 Å². The monoisotopic (exact) mass is 327 g/mol. The Kier molecular flexibility index (Phi) is 4.97. The van der Waals surface area contributed by atoms with Gasteiger partial charge in [0.1, 0.15) is 0 Å². The molecule has 2 unspecified atom stereocenters. The van der Waals surface area contributed by atoms with Gasteiger partial charge in [-0.1, -0.05) is 60.7 Å². The van der Waals surface area contributed by atoms with Gasteiger partial charge in [0, 0.05) is 13.1 Å². The Balaban J connectivity index is 2.11. The van der Waals surface area contributed by atoms with Crippen molar-refractivity contribution in [3.63, 3.8) is 0 Å². The van der Waals surface area contributed by atoms with Crippen LogP contribution in [0.5, 0.6) is 0 Å². The number of likely N-dealkylation sites (N-methyl/N-ethyl adjacent to an activating group) is 1. The first-order valence-electron chi connectivity index (χ1n) is 8.25. The molecule has 0 aliphatic carbocycles. The summed E-state index contributed by atoms with van der Waals surface area (Å²) in [6, 6.07) is 20.9. The van der Waals surface area contributed by atoms with Crippen LogP contribution in [0.1, 0.15) is 13.8 Å². The Labute approximate surface area is 140 Å². The van der Waals surface area contributed by atoms with E-state index < -0.39 is 8.56 Å². The Morgan fingerprint density at radius 3 is 1.57 bits per heavy atom. The molecule has 0 radical (unpaired) electrons. The van der Waals surface area contributed by atoms with Crippen molar-refractivity contribution in [3.8, 4) is 0 Å². The lowest BCUT2D eigenvalue weighted by molar-refractivity contribution is 0.0419. The second kappa shape index (κ2) is 6.97. The molecule has 1 saturated heterocycles. The molecule has 0 saturated carbocycles. The van der Waals surface area contributed by atoms with Crippen LogP contribution in [-0.2, 0) is 8.85 Å². The molecule has 3 rings (SSSR count). The van der Waals surface area contributed by atoms with Gasteiger partial charge >= 0.3 is 8.56 Å². The first-order valence-corrected chi connectivity index (χ1v) is 10.1. The molecule has 122 valence electrons. The van der Waals surface area contributed by atoms with E-state index in [4.69, 9.17) is 8.85 Å². The van der Waals surface area contributed by atoms with Gasteiger partial charge in [-0.05, 0) is 31.3 Å². The molecule has 2 atom stereocenters. The molecule has 0 amide bonds. The minimum absolute atomic E-state index is 0.125. The van der Waals surface area contributed by atoms with Crippen molar-refractivity contribution < 1.29 is 8.85 Å². The van der Waals surface area contributed by atoms with Gasteiger partial charge in [-0.2, -0.15) is 0 Å². The largest absolute Gasteiger partial charge is 0.407 e. The van der Waals surface area contributed by atoms with Gasteiger partial charge in [-0.3, -0.25) is 0 Å². The highest BCUT2D eigenvalue weighted by Crippen LogP contribution is 2.18. The smallest absolute Gasteiger partial charge is 0.384 e. The van der Waals surface area contributed by atoms with Crippen molar-refractivity contribution in [1.82, 2.24) is 4.90 Å². The highest BCUT2D eigenvalue weighted by Gasteiger charge is 2.46. The summed E-state index contributed by atoms with van der Waals surface area (Å²) in [6.07, 6.45) is 0.249. The molecule has 3 nitrogen and oxygen atoms in total. The average Bonchev–Trinajstić information content (AvgIpc) is 2.54. The second-order valence-corrected chi connectivity index (χ2v) is 9.29. The fraction of sp³-hybridized carbons (Fsp3) is 0.368. The van der Waals surface area contributed by atoms with Gasteiger partial charge < -0.3 is 13.8 Å². The van der Waals surface area contributed by atoms with Crippen molar-refractivity contribution in [2.24, 2.45) is 0 Å². The van der Waals surface area contributed by atoms with Crippen LogP contribution in [-0.4, -0.2) is 45.8 Å². The second-order valence-electron chi connectivity index (χ2n) is 6.43. The molecular weight excluding hydrogens is 302 g/mol. The van der Waals surface area contributed by atoms with E-state index in [0.29, 0.717) is 0 Å². The Morgan fingerprint density at radius 1 is 0.783 bits per heavy atom. The summed E-state index contributed by atoms with van der Waals surface area (Å²) in [5, 5.41) is 2.35. The predicted molar refractivity (Wildman–Crippen MR) is 96.5 cm³/mol. The van der Waals surface area contributed by atoms with E-state index in [1.165, 1.54) is 10.4 Å². The molecule has 1 aliphatic heterocycles. The summed E-state index contributed by atoms with van der Waals surface area (Å²) >= 11 is 0. The van der Waals surface area contributed by atoms with Gasteiger partial charge in [-0.15, -0.1) is 0 Å². The molecule has 1 heterocycles. The van der Waals surface area contributed by atoms with Crippen LogP contribution in [0.25, 0.3) is 0 Å². The maximum absolute atomic E-state index is 6.67. The van der Waals surface area contributed by atoms with Gasteiger partial charge in [-0.25, -0.2) is 0 Å². The molecule has 23 heavy (non-hydrogen) atoms. The van der Waals surface area contributed by atoms with Crippen molar-refractivity contribution in [2.75, 3.05) is 20.1 Å². The average molecular weight is 328 g/mol. The number of hydrogen-bond acceptors (Lipinski definition) is 3. The predicted octanol–water partition coefficient (Wildman–Crippen LogP) is 2.00. The van der Waals surface area contributed by atoms with Crippen LogP contribution in [0.3, 0.4) is 0 Å². The fourth-order valence-electron chi connectivity index (χ4n) is 3.38. The first kappa shape index (κ1) is 16.4. The highest BCUT2D eigenvalue weighted by molar-refractivity contribution is 6.92. The normalized spacial score (nSPS) is 25.5. The van der Waals surface area contributed by atoms with Gasteiger partial charge in [0.25, 0.3) is 0 Å². The Bertz CT molecular complexity index is 564. The molecule has 2 aromatic carbocycles. The number of benzene rings is 2. The summed E-state index contributed by atoms with van der Waals surface area (Å²) in [5.41, 5.74) is 0. The quantitative estimate of drug-likeness (QED) is 0.788. The minimum atomic E-state index is -2.70. The van der Waals surface area contributed by atoms with E-state index in [0.717, 1.165) is 13.1 Å². The Hall–Kier alpha value is -1.46. The van der Waals surface area contributed by atoms with Crippen molar-refractivity contribution >= 4 is 18.9 Å². The maximum Gasteiger partial charge on any atom is 0.407 e. The summed E-state index contributed by atoms with van der Waals surface area (Å²) in [7, 11) is -0.576. The first-order chi connectivity index (χ1) is 11.1. The Morgan fingerprint density at radius 2 is 1.17 bits per heavy atom. The lowest BCUT2D eigenvalue weighted by atomic mass is 10.3. The van der Waals surface area contributed by atoms with Crippen LogP contribution in [0.15, 0.2) is 60.7 Å². The summed E-state index contributed by atoms with van der Waals surface area (Å²) in [4.78, 5) is 2.28. The lowest BCUT2D eigenvalue weighted by Gasteiger charge is -2.40. The van der Waals surface area contributed by atoms with Crippen molar-refractivity contribution in [2.45, 2.75) is 26.1 Å². The number of rotatable bonds is 2. The molecule has 0 aromatic heterocycles. The molecule has 0 N–H and O–H groups in total. The molecule has 1 aliphatic rings. The summed E-state index contributed by atoms with van der Waals surface area (Å²) < 4.78 is 13.3. The third-order valence-corrected chi connectivity index (χ3v) is 7.83. The van der Waals surface area contributed by atoms with E-state index in [1.807, 2.05) is 12.1 Å². The van der Waals surface area contributed by atoms with Crippen LogP contribution in [0, 0.1) is 0 Å². The highest BCUT2D eigenvalue weighted by atomic mass is 28.4. The minimum Gasteiger partial charge on any atom is -0.384 e. The van der Waals surface area contributed by atoms with Crippen LogP contribution in [0.4, 0.5) is 0 Å². The molecule has 0 bridgehead atoms. The van der Waals surface area contributed by atoms with E-state index in [2.05, 4.69) is 74.3 Å². The maximum atomic E-state index is 6.67. The van der Waals surface area contributed by atoms with E-state index in [-0.39, 0.29) is 12.2 Å². The third-order valence-electron chi connectivity index (χ3n) is 4.18. The van der Waals surface area contributed by atoms with Crippen molar-refractivity contribution in [1.29, 1.82) is 0 Å². The third kappa shape index (κ3) is 3.56. The van der Waals surface area contributed by atoms with E-state index >= 15 is 0 Å². The SMILES string of the molecule is CC1CN(C)CC(C)O[Si](c2ccccc2)(c2ccccc2)O1. The molecule has 4 heteroatoms. The van der Waals surface area contributed by atoms with Crippen LogP contribution < -0.4 is 10.4 Å². The zero-order valence-electron chi connectivity index (χ0n) is 14.1. The van der Waals surface area contributed by atoms with Crippen LogP contribution in [0.2, 0.25) is 0 Å². The van der Waals surface area contributed by atoms with E-state index in [1.54, 1.807) is 0 Å². The topological polar surface area (TPSA) is 21.7 Å². The van der Waals surface area contributed by atoms with Gasteiger partial charge in [0.05, 0.1) is 12.2 Å². The van der Waals surface area contributed by atoms with Gasteiger partial charge in [0.2, 0.25) is 0 Å². The molecule has 0 spiro atoms. The molecule has 1 fully saturated rings. The van der Waals surface area contributed by atoms with Gasteiger partial charge in [0.15, 0.2) is 0 Å².